The molecule has 0 aliphatic rings. The van der Waals surface area contributed by atoms with E-state index in [2.05, 4.69) is 24.9 Å². The first-order valence-electron chi connectivity index (χ1n) is 3.00. The van der Waals surface area contributed by atoms with Crippen LogP contribution in [0.25, 0.3) is 0 Å². The molecule has 10 heavy (non-hydrogen) atoms. The third-order valence-electron chi connectivity index (χ3n) is 1.22. The summed E-state index contributed by atoms with van der Waals surface area (Å²) in [5.74, 6) is 0. The van der Waals surface area contributed by atoms with Gasteiger partial charge in [0.25, 0.3) is 0 Å². The van der Waals surface area contributed by atoms with Crippen molar-refractivity contribution in [1.29, 1.82) is 0 Å². The average Bonchev–Trinajstić information content (AvgIpc) is 1.82. The molecule has 0 spiro atoms. The molecule has 0 bridgehead atoms. The zero-order valence-corrected chi connectivity index (χ0v) is 8.01. The standard InChI is InChI=1S/C6H13N2S2/c1-5(8(2)3)4-7-6(9)10/h5H,1,4H2,2-3H3,(H2,7,9,10). The summed E-state index contributed by atoms with van der Waals surface area (Å²) in [5.41, 5.74) is 0. The van der Waals surface area contributed by atoms with Crippen LogP contribution in [0.4, 0.5) is 0 Å². The van der Waals surface area contributed by atoms with Crippen molar-refractivity contribution in [2.24, 2.45) is 0 Å². The van der Waals surface area contributed by atoms with E-state index in [1.807, 2.05) is 19.0 Å². The van der Waals surface area contributed by atoms with Crippen LogP contribution in [-0.2, 0) is 0 Å². The van der Waals surface area contributed by atoms with Crippen molar-refractivity contribution < 1.29 is 0 Å². The van der Waals surface area contributed by atoms with Crippen LogP contribution in [0.2, 0.25) is 0 Å². The molecule has 1 unspecified atom stereocenters. The van der Waals surface area contributed by atoms with E-state index >= 15 is 0 Å². The molecule has 0 heterocycles. The molecule has 0 aromatic carbocycles. The van der Waals surface area contributed by atoms with Gasteiger partial charge in [0, 0.05) is 12.6 Å². The molecule has 0 aliphatic carbocycles. The number of nitrogens with one attached hydrogen (secondary N) is 1. The highest BCUT2D eigenvalue weighted by Gasteiger charge is 2.02. The second-order valence-electron chi connectivity index (χ2n) is 2.30. The summed E-state index contributed by atoms with van der Waals surface area (Å²) in [5, 5.41) is 2.92. The largest absolute Gasteiger partial charge is 0.370 e. The predicted octanol–water partition coefficient (Wildman–Crippen LogP) is 0.555. The molecule has 0 rings (SSSR count). The lowest BCUT2D eigenvalue weighted by atomic mass is 10.3. The normalized spacial score (nSPS) is 13.3. The molecule has 1 N–H and O–H groups in total. The van der Waals surface area contributed by atoms with Crippen LogP contribution < -0.4 is 5.32 Å². The van der Waals surface area contributed by atoms with Gasteiger partial charge >= 0.3 is 0 Å². The molecule has 0 saturated heterocycles. The van der Waals surface area contributed by atoms with Gasteiger partial charge in [-0.1, -0.05) is 12.2 Å². The Labute approximate surface area is 73.4 Å². The molecule has 59 valence electrons. The van der Waals surface area contributed by atoms with Crippen molar-refractivity contribution in [2.75, 3.05) is 20.6 Å². The zero-order valence-electron chi connectivity index (χ0n) is 6.29. The number of hydrogen-bond donors (Lipinski definition) is 2. The minimum Gasteiger partial charge on any atom is -0.370 e. The van der Waals surface area contributed by atoms with E-state index in [4.69, 9.17) is 12.2 Å². The summed E-state index contributed by atoms with van der Waals surface area (Å²) in [4.78, 5) is 2.01. The van der Waals surface area contributed by atoms with Gasteiger partial charge in [-0.25, -0.2) is 0 Å². The molecule has 0 saturated carbocycles. The summed E-state index contributed by atoms with van der Waals surface area (Å²) in [7, 11) is 3.95. The Bertz CT molecular complexity index is 114. The molecular formula is C6H13N2S2. The molecule has 0 aromatic heterocycles. The predicted molar refractivity (Wildman–Crippen MR) is 52.4 cm³/mol. The molecule has 4 heteroatoms. The number of thiol groups is 1. The first-order valence-corrected chi connectivity index (χ1v) is 3.86. The van der Waals surface area contributed by atoms with Gasteiger partial charge in [-0.3, -0.25) is 0 Å². The van der Waals surface area contributed by atoms with Gasteiger partial charge in [-0.15, -0.1) is 12.6 Å². The Morgan fingerprint density at radius 3 is 2.60 bits per heavy atom. The van der Waals surface area contributed by atoms with Crippen molar-refractivity contribution >= 4 is 29.2 Å². The van der Waals surface area contributed by atoms with Gasteiger partial charge in [0.15, 0.2) is 0 Å². The molecule has 0 fully saturated rings. The third-order valence-corrected chi connectivity index (χ3v) is 1.52. The maximum absolute atomic E-state index is 4.71. The number of nitrogens with zero attached hydrogens (tertiary/aromatic N) is 1. The summed E-state index contributed by atoms with van der Waals surface area (Å²) >= 11 is 8.62. The lowest BCUT2D eigenvalue weighted by Crippen LogP contribution is -2.36. The molecule has 1 atom stereocenters. The topological polar surface area (TPSA) is 15.3 Å². The Kier molecular flexibility index (Phi) is 5.03. The van der Waals surface area contributed by atoms with Crippen molar-refractivity contribution in [3.05, 3.63) is 6.92 Å². The highest BCUT2D eigenvalue weighted by Crippen LogP contribution is 1.88. The van der Waals surface area contributed by atoms with E-state index in [1.54, 1.807) is 0 Å². The molecule has 0 aromatic rings. The lowest BCUT2D eigenvalue weighted by Gasteiger charge is -2.19. The molecule has 0 amide bonds. The lowest BCUT2D eigenvalue weighted by molar-refractivity contribution is 0.340. The van der Waals surface area contributed by atoms with Gasteiger partial charge in [0.05, 0.1) is 0 Å². The van der Waals surface area contributed by atoms with Gasteiger partial charge < -0.3 is 10.2 Å². The van der Waals surface area contributed by atoms with E-state index in [0.29, 0.717) is 4.32 Å². The average molecular weight is 177 g/mol. The minimum atomic E-state index is 0.241. The van der Waals surface area contributed by atoms with Crippen molar-refractivity contribution in [3.63, 3.8) is 0 Å². The fourth-order valence-electron chi connectivity index (χ4n) is 0.388. The fraction of sp³-hybridized carbons (Fsp3) is 0.667. The quantitative estimate of drug-likeness (QED) is 0.484. The Morgan fingerprint density at radius 1 is 1.80 bits per heavy atom. The highest BCUT2D eigenvalue weighted by atomic mass is 32.1. The minimum absolute atomic E-state index is 0.241. The summed E-state index contributed by atoms with van der Waals surface area (Å²) < 4.78 is 0.524. The summed E-state index contributed by atoms with van der Waals surface area (Å²) in [6.07, 6.45) is 0. The SMILES string of the molecule is [CH2]C(CNC(=S)S)N(C)C. The smallest absolute Gasteiger partial charge is 0.130 e. The summed E-state index contributed by atoms with van der Waals surface area (Å²) in [6.45, 7) is 4.62. The highest BCUT2D eigenvalue weighted by molar-refractivity contribution is 8.11. The molecule has 2 nitrogen and oxygen atoms in total. The maximum Gasteiger partial charge on any atom is 0.130 e. The van der Waals surface area contributed by atoms with E-state index in [-0.39, 0.29) is 6.04 Å². The Hall–Kier alpha value is 0.200. The van der Waals surface area contributed by atoms with Crippen molar-refractivity contribution in [1.82, 2.24) is 10.2 Å². The molecule has 1 radical (unpaired) electrons. The van der Waals surface area contributed by atoms with Gasteiger partial charge in [0.1, 0.15) is 4.32 Å². The van der Waals surface area contributed by atoms with E-state index in [0.717, 1.165) is 6.54 Å². The van der Waals surface area contributed by atoms with E-state index in [9.17, 15) is 0 Å². The second-order valence-corrected chi connectivity index (χ2v) is 3.46. The van der Waals surface area contributed by atoms with Crippen LogP contribution in [0.15, 0.2) is 0 Å². The van der Waals surface area contributed by atoms with Crippen LogP contribution in [-0.4, -0.2) is 35.9 Å². The first-order chi connectivity index (χ1) is 4.54. The third kappa shape index (κ3) is 5.02. The van der Waals surface area contributed by atoms with Crippen LogP contribution in [0.5, 0.6) is 0 Å². The molecule has 0 aliphatic heterocycles. The van der Waals surface area contributed by atoms with Gasteiger partial charge in [-0.05, 0) is 21.0 Å². The maximum atomic E-state index is 4.71. The van der Waals surface area contributed by atoms with Crippen molar-refractivity contribution in [2.45, 2.75) is 6.04 Å². The van der Waals surface area contributed by atoms with E-state index in [1.165, 1.54) is 0 Å². The molecular weight excluding hydrogens is 164 g/mol. The fourth-order valence-corrected chi connectivity index (χ4v) is 0.562. The number of rotatable bonds is 3. The van der Waals surface area contributed by atoms with E-state index < -0.39 is 0 Å². The Morgan fingerprint density at radius 2 is 2.30 bits per heavy atom. The monoisotopic (exact) mass is 177 g/mol. The van der Waals surface area contributed by atoms with Crippen LogP contribution in [0.3, 0.4) is 0 Å². The number of hydrogen-bond acceptors (Lipinski definition) is 2. The first kappa shape index (κ1) is 10.2. The van der Waals surface area contributed by atoms with Gasteiger partial charge in [0.2, 0.25) is 0 Å². The summed E-state index contributed by atoms with van der Waals surface area (Å²) in [6, 6.07) is 0.241. The van der Waals surface area contributed by atoms with Crippen LogP contribution in [0.1, 0.15) is 0 Å². The van der Waals surface area contributed by atoms with Crippen LogP contribution in [0, 0.1) is 6.92 Å². The van der Waals surface area contributed by atoms with Crippen LogP contribution >= 0.6 is 24.8 Å². The van der Waals surface area contributed by atoms with Crippen molar-refractivity contribution in [3.8, 4) is 0 Å². The number of likely N-dealkylation sites (N-methyl/N-ethyl adjacent to an activating group) is 1. The van der Waals surface area contributed by atoms with Gasteiger partial charge in [-0.2, -0.15) is 0 Å². The zero-order chi connectivity index (χ0) is 8.15. The second kappa shape index (κ2) is 4.93. The Balaban J connectivity index is 3.39. The number of thiocarbonyl (C=S) groups is 1.